The summed E-state index contributed by atoms with van der Waals surface area (Å²) in [4.78, 5) is 26.2. The number of hydrogen-bond donors (Lipinski definition) is 1. The van der Waals surface area contributed by atoms with Crippen LogP contribution in [-0.2, 0) is 9.59 Å². The predicted molar refractivity (Wildman–Crippen MR) is 74.5 cm³/mol. The van der Waals surface area contributed by atoms with Crippen molar-refractivity contribution in [2.24, 2.45) is 17.3 Å². The van der Waals surface area contributed by atoms with Gasteiger partial charge < -0.3 is 4.90 Å². The average Bonchev–Trinajstić information content (AvgIpc) is 2.31. The van der Waals surface area contributed by atoms with E-state index >= 15 is 0 Å². The first-order chi connectivity index (χ1) is 8.97. The van der Waals surface area contributed by atoms with E-state index in [9.17, 15) is 9.59 Å². The standard InChI is InChI=1S/C15H26N2O2/c1-4-12-14(19)16-13(18)9-15(12)5-7-17(8-6-15)10-11(2)3/h11-12H,4-10H2,1-3H3,(H,16,18,19). The lowest BCUT2D eigenvalue weighted by Gasteiger charge is -2.48. The normalized spacial score (nSPS) is 27.9. The zero-order chi connectivity index (χ0) is 14.0. The molecule has 0 aliphatic carbocycles. The molecule has 1 unspecified atom stereocenters. The molecule has 0 aromatic heterocycles. The predicted octanol–water partition coefficient (Wildman–Crippen LogP) is 1.80. The molecule has 2 amide bonds. The first-order valence-electron chi connectivity index (χ1n) is 7.53. The lowest BCUT2D eigenvalue weighted by atomic mass is 9.63. The molecule has 2 rings (SSSR count). The van der Waals surface area contributed by atoms with Gasteiger partial charge in [0.2, 0.25) is 11.8 Å². The number of nitrogens with one attached hydrogen (secondary N) is 1. The third kappa shape index (κ3) is 2.99. The van der Waals surface area contributed by atoms with Crippen LogP contribution >= 0.6 is 0 Å². The zero-order valence-corrected chi connectivity index (χ0v) is 12.4. The first-order valence-corrected chi connectivity index (χ1v) is 7.53. The van der Waals surface area contributed by atoms with E-state index < -0.39 is 0 Å². The highest BCUT2D eigenvalue weighted by atomic mass is 16.2. The number of piperidine rings is 2. The summed E-state index contributed by atoms with van der Waals surface area (Å²) >= 11 is 0. The molecule has 1 spiro atoms. The van der Waals surface area contributed by atoms with Gasteiger partial charge in [-0.05, 0) is 43.7 Å². The van der Waals surface area contributed by atoms with Crippen LogP contribution in [-0.4, -0.2) is 36.3 Å². The fourth-order valence-corrected chi connectivity index (χ4v) is 3.83. The number of imide groups is 1. The van der Waals surface area contributed by atoms with E-state index in [4.69, 9.17) is 0 Å². The number of carbonyl (C=O) groups is 2. The SMILES string of the molecule is CCC1C(=O)NC(=O)CC12CCN(CC(C)C)CC2. The highest BCUT2D eigenvalue weighted by Crippen LogP contribution is 2.45. The monoisotopic (exact) mass is 266 g/mol. The van der Waals surface area contributed by atoms with Crippen molar-refractivity contribution in [1.29, 1.82) is 0 Å². The van der Waals surface area contributed by atoms with Crippen molar-refractivity contribution in [3.63, 3.8) is 0 Å². The molecule has 2 heterocycles. The Hall–Kier alpha value is -0.900. The molecule has 2 aliphatic rings. The van der Waals surface area contributed by atoms with E-state index in [0.29, 0.717) is 12.3 Å². The van der Waals surface area contributed by atoms with Crippen LogP contribution in [0.2, 0.25) is 0 Å². The molecule has 19 heavy (non-hydrogen) atoms. The molecule has 0 radical (unpaired) electrons. The smallest absolute Gasteiger partial charge is 0.230 e. The summed E-state index contributed by atoms with van der Waals surface area (Å²) in [6.45, 7) is 9.69. The van der Waals surface area contributed by atoms with E-state index in [-0.39, 0.29) is 23.1 Å². The van der Waals surface area contributed by atoms with Crippen LogP contribution in [0, 0.1) is 17.3 Å². The van der Waals surface area contributed by atoms with Crippen LogP contribution in [0.3, 0.4) is 0 Å². The molecule has 1 N–H and O–H groups in total. The Labute approximate surface area is 115 Å². The van der Waals surface area contributed by atoms with Gasteiger partial charge in [0.05, 0.1) is 0 Å². The van der Waals surface area contributed by atoms with Crippen LogP contribution in [0.1, 0.15) is 46.5 Å². The summed E-state index contributed by atoms with van der Waals surface area (Å²) in [5.41, 5.74) is -0.0678. The van der Waals surface area contributed by atoms with E-state index in [1.807, 2.05) is 0 Å². The molecule has 4 nitrogen and oxygen atoms in total. The number of hydrogen-bond acceptors (Lipinski definition) is 3. The van der Waals surface area contributed by atoms with E-state index in [0.717, 1.165) is 38.9 Å². The van der Waals surface area contributed by atoms with Crippen LogP contribution in [0.25, 0.3) is 0 Å². The van der Waals surface area contributed by atoms with Gasteiger partial charge in [0.15, 0.2) is 0 Å². The number of carbonyl (C=O) groups excluding carboxylic acids is 2. The fraction of sp³-hybridized carbons (Fsp3) is 0.867. The minimum Gasteiger partial charge on any atom is -0.303 e. The van der Waals surface area contributed by atoms with Crippen molar-refractivity contribution >= 4 is 11.8 Å². The number of amides is 2. The van der Waals surface area contributed by atoms with Crippen LogP contribution in [0.15, 0.2) is 0 Å². The molecule has 0 bridgehead atoms. The van der Waals surface area contributed by atoms with E-state index in [2.05, 4.69) is 31.0 Å². The van der Waals surface area contributed by atoms with Gasteiger partial charge in [-0.15, -0.1) is 0 Å². The molecule has 2 aliphatic heterocycles. The van der Waals surface area contributed by atoms with Gasteiger partial charge in [-0.2, -0.15) is 0 Å². The van der Waals surface area contributed by atoms with Gasteiger partial charge in [0, 0.05) is 18.9 Å². The Balaban J connectivity index is 2.06. The van der Waals surface area contributed by atoms with E-state index in [1.165, 1.54) is 0 Å². The van der Waals surface area contributed by atoms with Gasteiger partial charge in [-0.1, -0.05) is 20.8 Å². The molecule has 4 heteroatoms. The van der Waals surface area contributed by atoms with Crippen LogP contribution in [0.4, 0.5) is 0 Å². The quantitative estimate of drug-likeness (QED) is 0.792. The Bertz CT molecular complexity index is 357. The summed E-state index contributed by atoms with van der Waals surface area (Å²) < 4.78 is 0. The zero-order valence-electron chi connectivity index (χ0n) is 12.4. The summed E-state index contributed by atoms with van der Waals surface area (Å²) in [6, 6.07) is 0. The van der Waals surface area contributed by atoms with E-state index in [1.54, 1.807) is 0 Å². The molecule has 0 aromatic carbocycles. The molecule has 108 valence electrons. The summed E-state index contributed by atoms with van der Waals surface area (Å²) in [6.07, 6.45) is 3.34. The minimum atomic E-state index is -0.0768. The number of nitrogens with zero attached hydrogens (tertiary/aromatic N) is 1. The topological polar surface area (TPSA) is 49.4 Å². The third-order valence-electron chi connectivity index (χ3n) is 4.71. The molecular weight excluding hydrogens is 240 g/mol. The van der Waals surface area contributed by atoms with Crippen molar-refractivity contribution < 1.29 is 9.59 Å². The fourth-order valence-electron chi connectivity index (χ4n) is 3.83. The van der Waals surface area contributed by atoms with Crippen LogP contribution in [0.5, 0.6) is 0 Å². The summed E-state index contributed by atoms with van der Waals surface area (Å²) in [5.74, 6) is 0.571. The lowest BCUT2D eigenvalue weighted by molar-refractivity contribution is -0.146. The summed E-state index contributed by atoms with van der Waals surface area (Å²) in [5, 5.41) is 2.50. The second-order valence-electron chi connectivity index (χ2n) is 6.61. The van der Waals surface area contributed by atoms with Gasteiger partial charge in [0.1, 0.15) is 0 Å². The van der Waals surface area contributed by atoms with Crippen molar-refractivity contribution in [3.8, 4) is 0 Å². The highest BCUT2D eigenvalue weighted by molar-refractivity contribution is 5.99. The largest absolute Gasteiger partial charge is 0.303 e. The second kappa shape index (κ2) is 5.61. The van der Waals surface area contributed by atoms with Crippen molar-refractivity contribution in [1.82, 2.24) is 10.2 Å². The second-order valence-corrected chi connectivity index (χ2v) is 6.61. The molecular formula is C15H26N2O2. The third-order valence-corrected chi connectivity index (χ3v) is 4.71. The maximum absolute atomic E-state index is 12.0. The molecule has 1 atom stereocenters. The molecule has 0 saturated carbocycles. The van der Waals surface area contributed by atoms with Gasteiger partial charge in [-0.3, -0.25) is 14.9 Å². The van der Waals surface area contributed by atoms with Crippen molar-refractivity contribution in [2.75, 3.05) is 19.6 Å². The Morgan fingerprint density at radius 2 is 1.95 bits per heavy atom. The van der Waals surface area contributed by atoms with Gasteiger partial charge in [0.25, 0.3) is 0 Å². The number of rotatable bonds is 3. The molecule has 2 fully saturated rings. The Kier molecular flexibility index (Phi) is 4.29. The maximum atomic E-state index is 12.0. The highest BCUT2D eigenvalue weighted by Gasteiger charge is 2.48. The molecule has 2 saturated heterocycles. The first kappa shape index (κ1) is 14.5. The van der Waals surface area contributed by atoms with Gasteiger partial charge in [-0.25, -0.2) is 0 Å². The average molecular weight is 266 g/mol. The van der Waals surface area contributed by atoms with Gasteiger partial charge >= 0.3 is 0 Å². The lowest BCUT2D eigenvalue weighted by Crippen LogP contribution is -2.56. The Morgan fingerprint density at radius 1 is 1.32 bits per heavy atom. The van der Waals surface area contributed by atoms with Crippen LogP contribution < -0.4 is 5.32 Å². The minimum absolute atomic E-state index is 0.0198. The molecule has 0 aromatic rings. The van der Waals surface area contributed by atoms with Crippen molar-refractivity contribution in [2.45, 2.75) is 46.5 Å². The summed E-state index contributed by atoms with van der Waals surface area (Å²) in [7, 11) is 0. The number of likely N-dealkylation sites (tertiary alicyclic amines) is 1. The Morgan fingerprint density at radius 3 is 2.47 bits per heavy atom. The van der Waals surface area contributed by atoms with Crippen molar-refractivity contribution in [3.05, 3.63) is 0 Å². The maximum Gasteiger partial charge on any atom is 0.230 e.